The van der Waals surface area contributed by atoms with Crippen molar-refractivity contribution in [3.8, 4) is 0 Å². The maximum absolute atomic E-state index is 11.0. The Kier molecular flexibility index (Phi) is 3.89. The van der Waals surface area contributed by atoms with Crippen molar-refractivity contribution >= 4 is 11.9 Å². The van der Waals surface area contributed by atoms with Crippen LogP contribution in [-0.2, 0) is 14.3 Å². The number of nitroso groups, excluding NO2 is 1. The third-order valence-electron chi connectivity index (χ3n) is 1.13. The molecular weight excluding hydrogens is 164 g/mol. The first-order valence-corrected chi connectivity index (χ1v) is 3.27. The van der Waals surface area contributed by atoms with Crippen LogP contribution in [-0.4, -0.2) is 30.0 Å². The Bertz CT molecular complexity index is 204. The topological polar surface area (TPSA) is 76.0 Å². The Hall–Kier alpha value is -1.46. The normalized spacial score (nSPS) is 11.6. The summed E-state index contributed by atoms with van der Waals surface area (Å²) in [5.74, 6) is -1.23. The molecule has 0 N–H and O–H groups in total. The SMILES string of the molecule is CC(=O)O[C@H](C)C(=O)N(C)N=O. The second kappa shape index (κ2) is 4.42. The number of rotatable bonds is 3. The summed E-state index contributed by atoms with van der Waals surface area (Å²) in [5.41, 5.74) is 0. The quantitative estimate of drug-likeness (QED) is 0.345. The molecule has 6 heteroatoms. The van der Waals surface area contributed by atoms with Crippen LogP contribution >= 0.6 is 0 Å². The lowest BCUT2D eigenvalue weighted by atomic mass is 10.4. The van der Waals surface area contributed by atoms with Crippen molar-refractivity contribution in [1.29, 1.82) is 0 Å². The Morgan fingerprint density at radius 1 is 1.50 bits per heavy atom. The van der Waals surface area contributed by atoms with Gasteiger partial charge >= 0.3 is 5.97 Å². The summed E-state index contributed by atoms with van der Waals surface area (Å²) in [5, 5.41) is 2.94. The number of ether oxygens (including phenoxy) is 1. The maximum atomic E-state index is 11.0. The van der Waals surface area contributed by atoms with Gasteiger partial charge in [-0.3, -0.25) is 9.59 Å². The summed E-state index contributed by atoms with van der Waals surface area (Å²) in [4.78, 5) is 31.2. The van der Waals surface area contributed by atoms with Crippen molar-refractivity contribution in [2.24, 2.45) is 5.29 Å². The summed E-state index contributed by atoms with van der Waals surface area (Å²) >= 11 is 0. The molecule has 0 saturated heterocycles. The first-order valence-electron chi connectivity index (χ1n) is 3.27. The zero-order valence-electron chi connectivity index (χ0n) is 7.10. The van der Waals surface area contributed by atoms with Gasteiger partial charge in [0, 0.05) is 14.0 Å². The van der Waals surface area contributed by atoms with Crippen LogP contribution in [0.2, 0.25) is 0 Å². The van der Waals surface area contributed by atoms with Crippen LogP contribution in [0.15, 0.2) is 5.29 Å². The molecule has 6 nitrogen and oxygen atoms in total. The van der Waals surface area contributed by atoms with E-state index in [0.717, 1.165) is 0 Å². The van der Waals surface area contributed by atoms with Gasteiger partial charge in [0.15, 0.2) is 6.10 Å². The zero-order chi connectivity index (χ0) is 9.72. The third-order valence-corrected chi connectivity index (χ3v) is 1.13. The van der Waals surface area contributed by atoms with E-state index in [9.17, 15) is 14.5 Å². The van der Waals surface area contributed by atoms with Gasteiger partial charge in [0.25, 0.3) is 5.91 Å². The third kappa shape index (κ3) is 3.09. The number of likely N-dealkylation sites (N-methyl/N-ethyl adjacent to an activating group) is 1. The maximum Gasteiger partial charge on any atom is 0.303 e. The highest BCUT2D eigenvalue weighted by Crippen LogP contribution is 1.97. The number of carbonyl (C=O) groups excluding carboxylic acids is 2. The van der Waals surface area contributed by atoms with Gasteiger partial charge in [-0.05, 0) is 6.92 Å². The van der Waals surface area contributed by atoms with E-state index in [4.69, 9.17) is 0 Å². The van der Waals surface area contributed by atoms with E-state index in [1.165, 1.54) is 20.9 Å². The molecule has 0 fully saturated rings. The molecule has 0 aromatic carbocycles. The molecule has 0 unspecified atom stereocenters. The first kappa shape index (κ1) is 10.5. The molecule has 0 saturated carbocycles. The Morgan fingerprint density at radius 2 is 2.00 bits per heavy atom. The van der Waals surface area contributed by atoms with E-state index < -0.39 is 18.0 Å². The molecule has 1 amide bonds. The molecule has 0 aromatic heterocycles. The van der Waals surface area contributed by atoms with E-state index in [0.29, 0.717) is 5.01 Å². The van der Waals surface area contributed by atoms with E-state index in [1.807, 2.05) is 0 Å². The second-order valence-electron chi connectivity index (χ2n) is 2.20. The summed E-state index contributed by atoms with van der Waals surface area (Å²) in [6.45, 7) is 2.55. The van der Waals surface area contributed by atoms with Crippen molar-refractivity contribution in [2.45, 2.75) is 20.0 Å². The molecule has 12 heavy (non-hydrogen) atoms. The lowest BCUT2D eigenvalue weighted by molar-refractivity contribution is -0.156. The molecule has 0 aromatic rings. The van der Waals surface area contributed by atoms with Crippen LogP contribution in [0, 0.1) is 4.91 Å². The average Bonchev–Trinajstić information content (AvgIpc) is 2.00. The molecule has 1 atom stereocenters. The molecule has 0 aliphatic rings. The van der Waals surface area contributed by atoms with E-state index in [1.54, 1.807) is 0 Å². The van der Waals surface area contributed by atoms with Crippen molar-refractivity contribution in [1.82, 2.24) is 5.01 Å². The highest BCUT2D eigenvalue weighted by atomic mass is 16.5. The van der Waals surface area contributed by atoms with Crippen LogP contribution in [0.4, 0.5) is 0 Å². The van der Waals surface area contributed by atoms with Gasteiger partial charge in [-0.1, -0.05) is 0 Å². The fraction of sp³-hybridized carbons (Fsp3) is 0.667. The molecule has 0 aliphatic carbocycles. The number of amides is 1. The molecule has 0 heterocycles. The van der Waals surface area contributed by atoms with E-state index in [-0.39, 0.29) is 0 Å². The lowest BCUT2D eigenvalue weighted by Crippen LogP contribution is -2.33. The largest absolute Gasteiger partial charge is 0.453 e. The zero-order valence-corrected chi connectivity index (χ0v) is 7.10. The second-order valence-corrected chi connectivity index (χ2v) is 2.20. The summed E-state index contributed by atoms with van der Waals surface area (Å²) in [6.07, 6.45) is -0.967. The number of hydrogen-bond acceptors (Lipinski definition) is 5. The standard InChI is InChI=1S/C6H10N2O4/c1-4(12-5(2)9)6(10)8(3)7-11/h4H,1-3H3/t4-/m1/s1. The van der Waals surface area contributed by atoms with Crippen molar-refractivity contribution in [2.75, 3.05) is 7.05 Å². The van der Waals surface area contributed by atoms with Gasteiger partial charge in [-0.25, -0.2) is 0 Å². The molecule has 68 valence electrons. The van der Waals surface area contributed by atoms with Gasteiger partial charge < -0.3 is 4.74 Å². The van der Waals surface area contributed by atoms with Crippen LogP contribution < -0.4 is 0 Å². The number of nitrogens with zero attached hydrogens (tertiary/aromatic N) is 2. The summed E-state index contributed by atoms with van der Waals surface area (Å²) in [6, 6.07) is 0. The highest BCUT2D eigenvalue weighted by molar-refractivity contribution is 5.82. The monoisotopic (exact) mass is 174 g/mol. The molecule has 0 spiro atoms. The molecule has 0 bridgehead atoms. The Balaban J connectivity index is 4.09. The van der Waals surface area contributed by atoms with Gasteiger partial charge in [0.05, 0.1) is 5.29 Å². The number of carbonyl (C=O) groups is 2. The highest BCUT2D eigenvalue weighted by Gasteiger charge is 2.20. The fourth-order valence-corrected chi connectivity index (χ4v) is 0.603. The van der Waals surface area contributed by atoms with Gasteiger partial charge in [-0.15, -0.1) is 4.91 Å². The molecular formula is C6H10N2O4. The minimum Gasteiger partial charge on any atom is -0.453 e. The predicted molar refractivity (Wildman–Crippen MR) is 39.8 cm³/mol. The van der Waals surface area contributed by atoms with Crippen LogP contribution in [0.25, 0.3) is 0 Å². The summed E-state index contributed by atoms with van der Waals surface area (Å²) < 4.78 is 4.51. The molecule has 0 aliphatic heterocycles. The van der Waals surface area contributed by atoms with Crippen molar-refractivity contribution in [3.05, 3.63) is 4.91 Å². The Morgan fingerprint density at radius 3 is 2.33 bits per heavy atom. The smallest absolute Gasteiger partial charge is 0.303 e. The number of hydrogen-bond donors (Lipinski definition) is 0. The van der Waals surface area contributed by atoms with Gasteiger partial charge in [0.2, 0.25) is 0 Å². The lowest BCUT2D eigenvalue weighted by Gasteiger charge is -2.13. The summed E-state index contributed by atoms with van der Waals surface area (Å²) in [7, 11) is 1.19. The van der Waals surface area contributed by atoms with Gasteiger partial charge in [0.1, 0.15) is 0 Å². The van der Waals surface area contributed by atoms with E-state index in [2.05, 4.69) is 10.0 Å². The Labute approximate surface area is 69.4 Å². The molecule has 0 radical (unpaired) electrons. The van der Waals surface area contributed by atoms with Crippen molar-refractivity contribution in [3.63, 3.8) is 0 Å². The average molecular weight is 174 g/mol. The van der Waals surface area contributed by atoms with E-state index >= 15 is 0 Å². The minimum atomic E-state index is -0.967. The number of esters is 1. The van der Waals surface area contributed by atoms with Gasteiger partial charge in [-0.2, -0.15) is 5.01 Å². The van der Waals surface area contributed by atoms with Crippen LogP contribution in [0.3, 0.4) is 0 Å². The predicted octanol–water partition coefficient (Wildman–Crippen LogP) is 0.0778. The molecule has 0 rings (SSSR count). The van der Waals surface area contributed by atoms with Crippen molar-refractivity contribution < 1.29 is 14.3 Å². The minimum absolute atomic E-state index is 0.574. The first-order chi connectivity index (χ1) is 5.49. The van der Waals surface area contributed by atoms with Crippen LogP contribution in [0.1, 0.15) is 13.8 Å². The fourth-order valence-electron chi connectivity index (χ4n) is 0.603. The van der Waals surface area contributed by atoms with Crippen LogP contribution in [0.5, 0.6) is 0 Å².